The molecule has 90 valence electrons. The van der Waals surface area contributed by atoms with Crippen molar-refractivity contribution in [2.45, 2.75) is 19.4 Å². The van der Waals surface area contributed by atoms with Gasteiger partial charge in [0.15, 0.2) is 0 Å². The summed E-state index contributed by atoms with van der Waals surface area (Å²) < 4.78 is 2.07. The van der Waals surface area contributed by atoms with Crippen LogP contribution < -0.4 is 5.32 Å². The molecule has 17 heavy (non-hydrogen) atoms. The van der Waals surface area contributed by atoms with Gasteiger partial charge in [-0.3, -0.25) is 0 Å². The molecule has 0 saturated heterocycles. The van der Waals surface area contributed by atoms with Gasteiger partial charge in [-0.05, 0) is 17.9 Å². The number of rotatable bonds is 6. The Balaban J connectivity index is 1.60. The van der Waals surface area contributed by atoms with Crippen LogP contribution in [-0.2, 0) is 13.0 Å². The molecule has 0 amide bonds. The van der Waals surface area contributed by atoms with Crippen LogP contribution >= 0.6 is 23.6 Å². The minimum Gasteiger partial charge on any atom is -0.379 e. The van der Waals surface area contributed by atoms with Gasteiger partial charge < -0.3 is 9.88 Å². The molecule has 2 aromatic heterocycles. The number of nitrogens with zero attached hydrogens (tertiary/aromatic N) is 2. The van der Waals surface area contributed by atoms with Crippen molar-refractivity contribution >= 4 is 28.5 Å². The first kappa shape index (κ1) is 12.3. The van der Waals surface area contributed by atoms with E-state index in [0.717, 1.165) is 30.9 Å². The molecule has 0 saturated carbocycles. The number of thiophene rings is 1. The average Bonchev–Trinajstić information content (AvgIpc) is 2.96. The summed E-state index contributed by atoms with van der Waals surface area (Å²) in [6.45, 7) is 1.90. The molecule has 5 heteroatoms. The molecular formula is C12H15N3S2. The van der Waals surface area contributed by atoms with Crippen molar-refractivity contribution in [2.24, 2.45) is 0 Å². The highest BCUT2D eigenvalue weighted by molar-refractivity contribution is 7.80. The van der Waals surface area contributed by atoms with Crippen molar-refractivity contribution in [3.8, 4) is 0 Å². The topological polar surface area (TPSA) is 29.9 Å². The summed E-state index contributed by atoms with van der Waals surface area (Å²) >= 11 is 7.04. The van der Waals surface area contributed by atoms with E-state index in [1.165, 1.54) is 4.88 Å². The molecule has 0 bridgehead atoms. The van der Waals surface area contributed by atoms with Crippen LogP contribution in [0.5, 0.6) is 0 Å². The molecule has 0 aliphatic heterocycles. The third kappa shape index (κ3) is 4.28. The number of aryl methyl sites for hydroxylation is 1. The van der Waals surface area contributed by atoms with Crippen molar-refractivity contribution < 1.29 is 0 Å². The number of thiocarbonyl (C=S) groups is 1. The van der Waals surface area contributed by atoms with Crippen molar-refractivity contribution in [3.05, 3.63) is 41.1 Å². The van der Waals surface area contributed by atoms with Crippen molar-refractivity contribution in [2.75, 3.05) is 6.54 Å². The maximum absolute atomic E-state index is 5.29. The van der Waals surface area contributed by atoms with Gasteiger partial charge in [-0.25, -0.2) is 4.98 Å². The lowest BCUT2D eigenvalue weighted by Gasteiger charge is -2.07. The van der Waals surface area contributed by atoms with Gasteiger partial charge in [0.05, 0.1) is 11.3 Å². The lowest BCUT2D eigenvalue weighted by atomic mass is 10.3. The Bertz CT molecular complexity index is 434. The Morgan fingerprint density at radius 1 is 1.53 bits per heavy atom. The first-order valence-corrected chi connectivity index (χ1v) is 6.88. The van der Waals surface area contributed by atoms with Crippen molar-refractivity contribution in [3.63, 3.8) is 0 Å². The zero-order valence-electron chi connectivity index (χ0n) is 9.50. The van der Waals surface area contributed by atoms with Gasteiger partial charge in [-0.1, -0.05) is 18.3 Å². The van der Waals surface area contributed by atoms with Crippen LogP contribution in [0.3, 0.4) is 0 Å². The summed E-state index contributed by atoms with van der Waals surface area (Å²) in [6.07, 6.45) is 7.53. The first-order valence-electron chi connectivity index (χ1n) is 5.59. The molecule has 1 N–H and O–H groups in total. The van der Waals surface area contributed by atoms with Crippen LogP contribution in [0, 0.1) is 0 Å². The van der Waals surface area contributed by atoms with Gasteiger partial charge in [-0.2, -0.15) is 0 Å². The summed E-state index contributed by atoms with van der Waals surface area (Å²) in [4.78, 5) is 6.25. The molecule has 0 aliphatic carbocycles. The minimum absolute atomic E-state index is 0.859. The quantitative estimate of drug-likeness (QED) is 0.643. The fourth-order valence-corrected chi connectivity index (χ4v) is 2.61. The predicted molar refractivity (Wildman–Crippen MR) is 75.5 cm³/mol. The Labute approximate surface area is 111 Å². The molecular weight excluding hydrogens is 250 g/mol. The average molecular weight is 265 g/mol. The highest BCUT2D eigenvalue weighted by atomic mass is 32.1. The minimum atomic E-state index is 0.859. The van der Waals surface area contributed by atoms with E-state index < -0.39 is 0 Å². The molecule has 0 aliphatic rings. The Morgan fingerprint density at radius 3 is 3.18 bits per heavy atom. The Morgan fingerprint density at radius 2 is 2.47 bits per heavy atom. The highest BCUT2D eigenvalue weighted by Crippen LogP contribution is 2.09. The van der Waals surface area contributed by atoms with Crippen LogP contribution in [0.4, 0.5) is 0 Å². The smallest absolute Gasteiger partial charge is 0.0945 e. The van der Waals surface area contributed by atoms with Crippen LogP contribution in [0.1, 0.15) is 11.3 Å². The van der Waals surface area contributed by atoms with Gasteiger partial charge in [0, 0.05) is 36.8 Å². The van der Waals surface area contributed by atoms with Gasteiger partial charge in [0.2, 0.25) is 0 Å². The third-order valence-electron chi connectivity index (χ3n) is 2.39. The van der Waals surface area contributed by atoms with Gasteiger partial charge in [0.25, 0.3) is 0 Å². The van der Waals surface area contributed by atoms with Crippen molar-refractivity contribution in [1.29, 1.82) is 0 Å². The molecule has 3 nitrogen and oxygen atoms in total. The molecule has 2 rings (SSSR count). The summed E-state index contributed by atoms with van der Waals surface area (Å²) in [5.41, 5.74) is 0. The number of nitrogens with one attached hydrogen (secondary N) is 1. The highest BCUT2D eigenvalue weighted by Gasteiger charge is 1.99. The van der Waals surface area contributed by atoms with E-state index in [4.69, 9.17) is 12.2 Å². The van der Waals surface area contributed by atoms with Crippen LogP contribution in [0.15, 0.2) is 36.2 Å². The third-order valence-corrected chi connectivity index (χ3v) is 3.55. The van der Waals surface area contributed by atoms with Crippen LogP contribution in [0.25, 0.3) is 0 Å². The standard InChI is InChI=1S/C12H15N3S2/c16-12(9-11-3-1-8-17-11)14-4-2-6-15-7-5-13-10-15/h1,3,5,7-8,10H,2,4,6,9H2,(H,14,16). The Hall–Kier alpha value is -1.20. The second kappa shape index (κ2) is 6.51. The largest absolute Gasteiger partial charge is 0.379 e. The number of hydrogen-bond donors (Lipinski definition) is 1. The summed E-state index contributed by atoms with van der Waals surface area (Å²) in [5.74, 6) is 0. The van der Waals surface area contributed by atoms with E-state index in [0.29, 0.717) is 0 Å². The zero-order valence-corrected chi connectivity index (χ0v) is 11.1. The molecule has 0 aromatic carbocycles. The SMILES string of the molecule is S=C(Cc1cccs1)NCCCn1ccnc1. The molecule has 0 fully saturated rings. The molecule has 2 aromatic rings. The number of hydrogen-bond acceptors (Lipinski definition) is 3. The lowest BCUT2D eigenvalue weighted by Crippen LogP contribution is -2.24. The molecule has 0 radical (unpaired) electrons. The molecule has 0 unspecified atom stereocenters. The fraction of sp³-hybridized carbons (Fsp3) is 0.333. The van der Waals surface area contributed by atoms with Gasteiger partial charge >= 0.3 is 0 Å². The van der Waals surface area contributed by atoms with E-state index in [-0.39, 0.29) is 0 Å². The summed E-state index contributed by atoms with van der Waals surface area (Å²) in [6, 6.07) is 4.17. The van der Waals surface area contributed by atoms with Crippen LogP contribution in [0.2, 0.25) is 0 Å². The van der Waals surface area contributed by atoms with Gasteiger partial charge in [-0.15, -0.1) is 11.3 Å². The second-order valence-corrected chi connectivity index (χ2v) is 5.29. The predicted octanol–water partition coefficient (Wildman–Crippen LogP) is 2.49. The van der Waals surface area contributed by atoms with E-state index in [9.17, 15) is 0 Å². The van der Waals surface area contributed by atoms with Gasteiger partial charge in [0.1, 0.15) is 0 Å². The number of aromatic nitrogens is 2. The van der Waals surface area contributed by atoms with E-state index in [1.54, 1.807) is 17.5 Å². The van der Waals surface area contributed by atoms with E-state index in [1.807, 2.05) is 12.5 Å². The Kier molecular flexibility index (Phi) is 4.70. The summed E-state index contributed by atoms with van der Waals surface area (Å²) in [5, 5.41) is 5.37. The molecule has 2 heterocycles. The first-order chi connectivity index (χ1) is 8.34. The second-order valence-electron chi connectivity index (χ2n) is 3.76. The van der Waals surface area contributed by atoms with E-state index >= 15 is 0 Å². The van der Waals surface area contributed by atoms with Crippen LogP contribution in [-0.4, -0.2) is 21.1 Å². The maximum Gasteiger partial charge on any atom is 0.0945 e. The fourth-order valence-electron chi connectivity index (χ4n) is 1.54. The molecule has 0 atom stereocenters. The van der Waals surface area contributed by atoms with Crippen molar-refractivity contribution in [1.82, 2.24) is 14.9 Å². The van der Waals surface area contributed by atoms with E-state index in [2.05, 4.69) is 32.4 Å². The zero-order chi connectivity index (χ0) is 11.9. The lowest BCUT2D eigenvalue weighted by molar-refractivity contribution is 0.631. The maximum atomic E-state index is 5.29. The monoisotopic (exact) mass is 265 g/mol. The summed E-state index contributed by atoms with van der Waals surface area (Å²) in [7, 11) is 0. The molecule has 0 spiro atoms. The number of imidazole rings is 1. The normalized spacial score (nSPS) is 10.4.